The second-order valence-corrected chi connectivity index (χ2v) is 11.4. The number of benzene rings is 2. The molecule has 1 amide bonds. The molecule has 0 radical (unpaired) electrons. The number of aromatic nitrogens is 2. The maximum atomic E-state index is 13.1. The number of likely N-dealkylation sites (tertiary alicyclic amines) is 1. The summed E-state index contributed by atoms with van der Waals surface area (Å²) in [5.41, 5.74) is 3.29. The molecule has 1 aliphatic rings. The molecule has 176 valence electrons. The van der Waals surface area contributed by atoms with E-state index in [1.54, 1.807) is 30.3 Å². The molecular weight excluding hydrogens is 468 g/mol. The Morgan fingerprint density at radius 2 is 1.88 bits per heavy atom. The molecule has 0 bridgehead atoms. The first kappa shape index (κ1) is 22.6. The Labute approximate surface area is 203 Å². The van der Waals surface area contributed by atoms with E-state index in [2.05, 4.69) is 16.6 Å². The van der Waals surface area contributed by atoms with Crippen LogP contribution in [0.15, 0.2) is 66.2 Å². The fraction of sp³-hybridized carbons (Fsp3) is 0.280. The number of nitrogens with zero attached hydrogens (tertiary/aromatic N) is 3. The Hall–Kier alpha value is -3.17. The van der Waals surface area contributed by atoms with Crippen molar-refractivity contribution in [1.82, 2.24) is 14.3 Å². The van der Waals surface area contributed by atoms with Gasteiger partial charge in [0.25, 0.3) is 5.91 Å². The number of anilines is 1. The molecule has 0 unspecified atom stereocenters. The van der Waals surface area contributed by atoms with Crippen LogP contribution in [0.5, 0.6) is 0 Å². The van der Waals surface area contributed by atoms with Crippen LogP contribution in [-0.2, 0) is 15.8 Å². The standard InChI is InChI=1S/C25H26N4O3S2/c1-18-10-12-28(13-11-18)24(30)23-16-33-25-26-22(15-29(23)25)20-8-5-9-21(14-20)27-34(31,32)17-19-6-3-2-4-7-19/h2-9,14-16,18,27H,10-13,17H2,1H3. The molecule has 1 aliphatic heterocycles. The predicted octanol–water partition coefficient (Wildman–Crippen LogP) is 4.88. The van der Waals surface area contributed by atoms with Gasteiger partial charge in [-0.3, -0.25) is 13.9 Å². The van der Waals surface area contributed by atoms with Crippen molar-refractivity contribution < 1.29 is 13.2 Å². The quantitative estimate of drug-likeness (QED) is 0.414. The van der Waals surface area contributed by atoms with Gasteiger partial charge in [0.1, 0.15) is 5.69 Å². The molecule has 1 saturated heterocycles. The second kappa shape index (κ2) is 9.23. The lowest BCUT2D eigenvalue weighted by Gasteiger charge is -2.30. The zero-order valence-corrected chi connectivity index (χ0v) is 20.5. The molecule has 34 heavy (non-hydrogen) atoms. The summed E-state index contributed by atoms with van der Waals surface area (Å²) >= 11 is 1.43. The van der Waals surface area contributed by atoms with E-state index in [9.17, 15) is 13.2 Å². The first-order valence-electron chi connectivity index (χ1n) is 11.3. The van der Waals surface area contributed by atoms with E-state index in [1.807, 2.05) is 45.1 Å². The highest BCUT2D eigenvalue weighted by molar-refractivity contribution is 7.91. The van der Waals surface area contributed by atoms with Gasteiger partial charge in [0.2, 0.25) is 10.0 Å². The van der Waals surface area contributed by atoms with Gasteiger partial charge in [-0.1, -0.05) is 49.4 Å². The van der Waals surface area contributed by atoms with Crippen LogP contribution in [0.1, 0.15) is 35.8 Å². The minimum absolute atomic E-state index is 0.0320. The number of hydrogen-bond acceptors (Lipinski definition) is 5. The van der Waals surface area contributed by atoms with Gasteiger partial charge in [-0.2, -0.15) is 0 Å². The number of amides is 1. The molecule has 7 nitrogen and oxygen atoms in total. The normalized spacial score (nSPS) is 15.0. The Morgan fingerprint density at radius 3 is 2.65 bits per heavy atom. The molecule has 1 N–H and O–H groups in total. The van der Waals surface area contributed by atoms with Crippen LogP contribution in [0, 0.1) is 5.92 Å². The average Bonchev–Trinajstić information content (AvgIpc) is 3.40. The highest BCUT2D eigenvalue weighted by Crippen LogP contribution is 2.27. The molecule has 0 spiro atoms. The van der Waals surface area contributed by atoms with Gasteiger partial charge < -0.3 is 4.90 Å². The highest BCUT2D eigenvalue weighted by atomic mass is 32.2. The van der Waals surface area contributed by atoms with Crippen molar-refractivity contribution in [2.45, 2.75) is 25.5 Å². The van der Waals surface area contributed by atoms with Crippen molar-refractivity contribution in [1.29, 1.82) is 0 Å². The number of thiazole rings is 1. The largest absolute Gasteiger partial charge is 0.337 e. The van der Waals surface area contributed by atoms with E-state index in [-0.39, 0.29) is 11.7 Å². The minimum Gasteiger partial charge on any atom is -0.337 e. The number of sulfonamides is 1. The summed E-state index contributed by atoms with van der Waals surface area (Å²) < 4.78 is 29.8. The number of hydrogen-bond donors (Lipinski definition) is 1. The number of piperidine rings is 1. The van der Waals surface area contributed by atoms with Gasteiger partial charge in [0.05, 0.1) is 11.4 Å². The van der Waals surface area contributed by atoms with Crippen LogP contribution in [0.25, 0.3) is 16.2 Å². The molecule has 9 heteroatoms. The molecule has 1 fully saturated rings. The summed E-state index contributed by atoms with van der Waals surface area (Å²) in [5, 5.41) is 1.86. The maximum absolute atomic E-state index is 13.1. The number of fused-ring (bicyclic) bond motifs is 1. The maximum Gasteiger partial charge on any atom is 0.271 e. The van der Waals surface area contributed by atoms with Crippen LogP contribution in [0.2, 0.25) is 0 Å². The van der Waals surface area contributed by atoms with E-state index < -0.39 is 10.0 Å². The van der Waals surface area contributed by atoms with Crippen LogP contribution in [0.3, 0.4) is 0 Å². The SMILES string of the molecule is CC1CCN(C(=O)c2csc3nc(-c4cccc(NS(=O)(=O)Cc5ccccc5)c4)cn23)CC1. The highest BCUT2D eigenvalue weighted by Gasteiger charge is 2.24. The third-order valence-electron chi connectivity index (χ3n) is 6.13. The fourth-order valence-corrected chi connectivity index (χ4v) is 6.24. The van der Waals surface area contributed by atoms with Crippen molar-refractivity contribution in [3.63, 3.8) is 0 Å². The lowest BCUT2D eigenvalue weighted by molar-refractivity contribution is 0.0690. The smallest absolute Gasteiger partial charge is 0.271 e. The van der Waals surface area contributed by atoms with Crippen LogP contribution >= 0.6 is 11.3 Å². The monoisotopic (exact) mass is 494 g/mol. The summed E-state index contributed by atoms with van der Waals surface area (Å²) in [5.74, 6) is 0.590. The zero-order chi connectivity index (χ0) is 23.7. The number of carbonyl (C=O) groups is 1. The summed E-state index contributed by atoms with van der Waals surface area (Å²) in [6.07, 6.45) is 3.91. The van der Waals surface area contributed by atoms with E-state index >= 15 is 0 Å². The Bertz CT molecular complexity index is 1420. The molecule has 0 aliphatic carbocycles. The van der Waals surface area contributed by atoms with E-state index in [1.165, 1.54) is 11.3 Å². The van der Waals surface area contributed by atoms with Crippen molar-refractivity contribution in [3.8, 4) is 11.3 Å². The van der Waals surface area contributed by atoms with Gasteiger partial charge in [0, 0.05) is 35.9 Å². The first-order valence-corrected chi connectivity index (χ1v) is 13.8. The number of imidazole rings is 1. The molecule has 4 aromatic rings. The van der Waals surface area contributed by atoms with Gasteiger partial charge in [0.15, 0.2) is 4.96 Å². The van der Waals surface area contributed by atoms with Crippen molar-refractivity contribution in [3.05, 3.63) is 77.4 Å². The van der Waals surface area contributed by atoms with Gasteiger partial charge in [-0.15, -0.1) is 11.3 Å². The Kier molecular flexibility index (Phi) is 6.14. The second-order valence-electron chi connectivity index (χ2n) is 8.80. The van der Waals surface area contributed by atoms with Crippen LogP contribution < -0.4 is 4.72 Å². The van der Waals surface area contributed by atoms with Crippen LogP contribution in [0.4, 0.5) is 5.69 Å². The average molecular weight is 495 g/mol. The van der Waals surface area contributed by atoms with E-state index in [4.69, 9.17) is 0 Å². The number of rotatable bonds is 6. The summed E-state index contributed by atoms with van der Waals surface area (Å²) in [6.45, 7) is 3.79. The van der Waals surface area contributed by atoms with Gasteiger partial charge >= 0.3 is 0 Å². The molecule has 3 heterocycles. The lowest BCUT2D eigenvalue weighted by atomic mass is 9.99. The summed E-state index contributed by atoms with van der Waals surface area (Å²) in [7, 11) is -3.56. The number of carbonyl (C=O) groups excluding carboxylic acids is 1. The van der Waals surface area contributed by atoms with E-state index in [0.717, 1.165) is 42.0 Å². The Morgan fingerprint density at radius 1 is 1.12 bits per heavy atom. The first-order chi connectivity index (χ1) is 16.4. The topological polar surface area (TPSA) is 83.8 Å². The molecule has 0 atom stereocenters. The van der Waals surface area contributed by atoms with E-state index in [0.29, 0.717) is 23.0 Å². The summed E-state index contributed by atoms with van der Waals surface area (Å²) in [6, 6.07) is 16.2. The summed E-state index contributed by atoms with van der Waals surface area (Å²) in [4.78, 5) is 20.4. The van der Waals surface area contributed by atoms with Crippen molar-refractivity contribution in [2.24, 2.45) is 5.92 Å². The zero-order valence-electron chi connectivity index (χ0n) is 18.8. The fourth-order valence-electron chi connectivity index (χ4n) is 4.20. The Balaban J connectivity index is 1.36. The lowest BCUT2D eigenvalue weighted by Crippen LogP contribution is -2.38. The molecule has 2 aromatic carbocycles. The third-order valence-corrected chi connectivity index (χ3v) is 8.23. The number of nitrogens with one attached hydrogen (secondary N) is 1. The molecule has 2 aromatic heterocycles. The van der Waals surface area contributed by atoms with Crippen molar-refractivity contribution >= 4 is 37.9 Å². The minimum atomic E-state index is -3.56. The van der Waals surface area contributed by atoms with Gasteiger partial charge in [-0.05, 0) is 36.5 Å². The van der Waals surface area contributed by atoms with Gasteiger partial charge in [-0.25, -0.2) is 13.4 Å². The molecule has 5 rings (SSSR count). The predicted molar refractivity (Wildman–Crippen MR) is 135 cm³/mol. The third kappa shape index (κ3) is 4.85. The van der Waals surface area contributed by atoms with Crippen molar-refractivity contribution in [2.75, 3.05) is 17.8 Å². The molecule has 0 saturated carbocycles. The van der Waals surface area contributed by atoms with Crippen LogP contribution in [-0.4, -0.2) is 41.7 Å². The molecular formula is C25H26N4O3S2.